The van der Waals surface area contributed by atoms with E-state index in [1.165, 1.54) is 18.2 Å². The van der Waals surface area contributed by atoms with E-state index < -0.39 is 57.6 Å². The van der Waals surface area contributed by atoms with Gasteiger partial charge < -0.3 is 39.4 Å². The minimum atomic E-state index is -1.40. The Morgan fingerprint density at radius 1 is 0.592 bits per heavy atom. The number of ether oxygens (including phenoxy) is 4. The van der Waals surface area contributed by atoms with E-state index in [0.717, 1.165) is 41.2 Å². The second-order valence-electron chi connectivity index (χ2n) is 14.5. The third-order valence-corrected chi connectivity index (χ3v) is 10.5. The standard InChI is InChI=1S/C37H30O12/c1-35(2)13-37(21-11-29-27(9-19(21)35)46-23-5-15(31(38)39)17(33(42)43)7-25(23)48-29)14-36(3,4)20-10-28-30(12-22(20)37)49-26-8-18(34(44)45)16(32(40)41)6-24(26)47-28/h5-11,30H,12-14H2,1-4H3,(H,38,39)(H,40,41)(H,42,43)(H,44,45). The maximum atomic E-state index is 11.9. The lowest BCUT2D eigenvalue weighted by Gasteiger charge is -2.37. The minimum absolute atomic E-state index is 0.0938. The number of benzene rings is 3. The second-order valence-corrected chi connectivity index (χ2v) is 14.5. The number of allylic oxidation sites excluding steroid dienone is 2. The normalized spacial score (nSPS) is 22.8. The molecule has 5 aliphatic rings. The van der Waals surface area contributed by atoms with Crippen molar-refractivity contribution in [2.75, 3.05) is 0 Å². The molecule has 4 N–H and O–H groups in total. The molecule has 2 heterocycles. The fourth-order valence-corrected chi connectivity index (χ4v) is 8.65. The first kappa shape index (κ1) is 30.5. The first-order valence-electron chi connectivity index (χ1n) is 15.6. The van der Waals surface area contributed by atoms with Gasteiger partial charge in [0.15, 0.2) is 40.6 Å². The number of carbonyl (C=O) groups is 4. The van der Waals surface area contributed by atoms with E-state index in [-0.39, 0.29) is 33.8 Å². The van der Waals surface area contributed by atoms with E-state index in [1.807, 2.05) is 18.2 Å². The second kappa shape index (κ2) is 9.65. The van der Waals surface area contributed by atoms with Crippen LogP contribution in [0.25, 0.3) is 0 Å². The van der Waals surface area contributed by atoms with Gasteiger partial charge in [-0.05, 0) is 64.6 Å². The van der Waals surface area contributed by atoms with Crippen LogP contribution in [0.1, 0.15) is 99.5 Å². The SMILES string of the molecule is CC1(C)CC2(CC(C)(C)c3cc4c(cc32)Oc2cc(C(=O)O)c(C(=O)O)cc2O4)C2=C1C=C1Oc3cc(C(=O)O)c(C(=O)O)cc3OC1C2. The molecule has 0 amide bonds. The van der Waals surface area contributed by atoms with Gasteiger partial charge >= 0.3 is 23.9 Å². The number of carboxylic acids is 4. The molecule has 1 spiro atoms. The summed E-state index contributed by atoms with van der Waals surface area (Å²) in [5, 5.41) is 38.6. The molecule has 0 saturated heterocycles. The predicted molar refractivity (Wildman–Crippen MR) is 170 cm³/mol. The van der Waals surface area contributed by atoms with Gasteiger partial charge in [0.25, 0.3) is 0 Å². The van der Waals surface area contributed by atoms with Crippen LogP contribution in [-0.2, 0) is 10.8 Å². The molecule has 250 valence electrons. The zero-order valence-corrected chi connectivity index (χ0v) is 26.8. The molecule has 0 fully saturated rings. The lowest BCUT2D eigenvalue weighted by Crippen LogP contribution is -2.34. The lowest BCUT2D eigenvalue weighted by atomic mass is 9.70. The maximum absolute atomic E-state index is 11.9. The number of carboxylic acid groups (broad SMARTS) is 4. The molecule has 3 aromatic carbocycles. The zero-order valence-electron chi connectivity index (χ0n) is 26.8. The number of hydrogen-bond acceptors (Lipinski definition) is 8. The van der Waals surface area contributed by atoms with Crippen molar-refractivity contribution in [1.29, 1.82) is 0 Å². The summed E-state index contributed by atoms with van der Waals surface area (Å²) in [6.07, 6.45) is 3.33. The Morgan fingerprint density at radius 2 is 1.02 bits per heavy atom. The Hall–Kier alpha value is -5.78. The molecule has 2 atom stereocenters. The minimum Gasteiger partial charge on any atom is -0.478 e. The van der Waals surface area contributed by atoms with Crippen molar-refractivity contribution in [3.05, 3.63) is 92.8 Å². The molecule has 12 nitrogen and oxygen atoms in total. The largest absolute Gasteiger partial charge is 0.478 e. The summed E-state index contributed by atoms with van der Waals surface area (Å²) in [6.45, 7) is 8.65. The van der Waals surface area contributed by atoms with E-state index in [4.69, 9.17) is 18.9 Å². The smallest absolute Gasteiger partial charge is 0.336 e. The van der Waals surface area contributed by atoms with Gasteiger partial charge in [0.2, 0.25) is 0 Å². The topological polar surface area (TPSA) is 186 Å². The molecule has 0 aromatic heterocycles. The van der Waals surface area contributed by atoms with E-state index in [9.17, 15) is 39.6 Å². The molecular formula is C37H30O12. The molecule has 2 unspecified atom stereocenters. The first-order chi connectivity index (χ1) is 23.0. The average molecular weight is 667 g/mol. The summed E-state index contributed by atoms with van der Waals surface area (Å²) in [5.41, 5.74) is 1.61. The van der Waals surface area contributed by atoms with Gasteiger partial charge in [0, 0.05) is 30.0 Å². The number of fused-ring (bicyclic) bond motifs is 7. The number of aromatic carboxylic acids is 4. The van der Waals surface area contributed by atoms with Crippen LogP contribution in [0, 0.1) is 5.41 Å². The van der Waals surface area contributed by atoms with Gasteiger partial charge in [-0.15, -0.1) is 0 Å². The van der Waals surface area contributed by atoms with Gasteiger partial charge in [-0.25, -0.2) is 19.2 Å². The fourth-order valence-electron chi connectivity index (χ4n) is 8.65. The molecule has 49 heavy (non-hydrogen) atoms. The molecule has 8 rings (SSSR count). The monoisotopic (exact) mass is 666 g/mol. The number of hydrogen-bond donors (Lipinski definition) is 4. The van der Waals surface area contributed by atoms with Crippen molar-refractivity contribution < 1.29 is 58.6 Å². The van der Waals surface area contributed by atoms with Crippen LogP contribution in [0.5, 0.6) is 34.5 Å². The van der Waals surface area contributed by atoms with Gasteiger partial charge in [-0.2, -0.15) is 0 Å². The lowest BCUT2D eigenvalue weighted by molar-refractivity contribution is 0.0649. The summed E-state index contributed by atoms with van der Waals surface area (Å²) >= 11 is 0. The Labute approximate surface area is 278 Å². The Kier molecular flexibility index (Phi) is 6.02. The van der Waals surface area contributed by atoms with Crippen LogP contribution in [0.15, 0.2) is 59.4 Å². The summed E-state index contributed by atoms with van der Waals surface area (Å²) in [5.74, 6) is -3.80. The number of rotatable bonds is 4. The van der Waals surface area contributed by atoms with Crippen LogP contribution < -0.4 is 18.9 Å². The van der Waals surface area contributed by atoms with Gasteiger partial charge in [0.1, 0.15) is 5.76 Å². The van der Waals surface area contributed by atoms with Crippen LogP contribution in [0.4, 0.5) is 0 Å². The van der Waals surface area contributed by atoms with Crippen molar-refractivity contribution in [2.45, 2.75) is 63.9 Å². The Morgan fingerprint density at radius 3 is 1.53 bits per heavy atom. The highest BCUT2D eigenvalue weighted by Crippen LogP contribution is 2.67. The quantitative estimate of drug-likeness (QED) is 0.173. The van der Waals surface area contributed by atoms with Crippen molar-refractivity contribution in [2.24, 2.45) is 5.41 Å². The fraction of sp³-hybridized carbons (Fsp3) is 0.297. The third kappa shape index (κ3) is 4.29. The molecule has 2 aliphatic heterocycles. The molecule has 0 radical (unpaired) electrons. The molecule has 0 bridgehead atoms. The Balaban J connectivity index is 1.22. The van der Waals surface area contributed by atoms with E-state index in [1.54, 1.807) is 0 Å². The summed E-state index contributed by atoms with van der Waals surface area (Å²) in [6, 6.07) is 8.58. The van der Waals surface area contributed by atoms with Crippen molar-refractivity contribution >= 4 is 23.9 Å². The highest BCUT2D eigenvalue weighted by Gasteiger charge is 2.59. The third-order valence-electron chi connectivity index (χ3n) is 10.5. The van der Waals surface area contributed by atoms with Crippen LogP contribution >= 0.6 is 0 Å². The van der Waals surface area contributed by atoms with Crippen molar-refractivity contribution in [1.82, 2.24) is 0 Å². The molecule has 0 saturated carbocycles. The van der Waals surface area contributed by atoms with E-state index in [0.29, 0.717) is 23.7 Å². The average Bonchev–Trinajstić information content (AvgIpc) is 3.37. The van der Waals surface area contributed by atoms with Crippen LogP contribution in [0.3, 0.4) is 0 Å². The highest BCUT2D eigenvalue weighted by molar-refractivity contribution is 6.03. The summed E-state index contributed by atoms with van der Waals surface area (Å²) < 4.78 is 24.9. The molecule has 3 aromatic rings. The summed E-state index contributed by atoms with van der Waals surface area (Å²) in [4.78, 5) is 47.4. The molecule has 3 aliphatic carbocycles. The van der Waals surface area contributed by atoms with Gasteiger partial charge in [0.05, 0.1) is 22.3 Å². The molecule has 12 heteroatoms. The Bertz CT molecular complexity index is 2180. The summed E-state index contributed by atoms with van der Waals surface area (Å²) in [7, 11) is 0. The highest BCUT2D eigenvalue weighted by atomic mass is 16.6. The first-order valence-corrected chi connectivity index (χ1v) is 15.6. The molecular weight excluding hydrogens is 636 g/mol. The van der Waals surface area contributed by atoms with E-state index >= 15 is 0 Å². The van der Waals surface area contributed by atoms with Crippen LogP contribution in [0.2, 0.25) is 0 Å². The van der Waals surface area contributed by atoms with Gasteiger partial charge in [-0.1, -0.05) is 33.3 Å². The van der Waals surface area contributed by atoms with E-state index in [2.05, 4.69) is 27.7 Å². The predicted octanol–water partition coefficient (Wildman–Crippen LogP) is 7.15. The van der Waals surface area contributed by atoms with Crippen LogP contribution in [-0.4, -0.2) is 50.4 Å². The maximum Gasteiger partial charge on any atom is 0.336 e. The van der Waals surface area contributed by atoms with Crippen molar-refractivity contribution in [3.8, 4) is 34.5 Å². The van der Waals surface area contributed by atoms with Crippen molar-refractivity contribution in [3.63, 3.8) is 0 Å². The van der Waals surface area contributed by atoms with Gasteiger partial charge in [-0.3, -0.25) is 0 Å². The zero-order chi connectivity index (χ0) is 34.9.